The van der Waals surface area contributed by atoms with E-state index in [-0.39, 0.29) is 0 Å². The minimum atomic E-state index is -1.87. The van der Waals surface area contributed by atoms with Crippen molar-refractivity contribution >= 4 is 18.4 Å². The topological polar surface area (TPSA) is 18.5 Å². The highest BCUT2D eigenvalue weighted by Crippen LogP contribution is 2.27. The van der Waals surface area contributed by atoms with Crippen LogP contribution in [0.1, 0.15) is 41.5 Å². The maximum Gasteiger partial charge on any atom is 0.119 e. The number of rotatable bonds is 12. The molecule has 4 rings (SSSR count). The van der Waals surface area contributed by atoms with Crippen molar-refractivity contribution in [3.63, 3.8) is 0 Å². The van der Waals surface area contributed by atoms with Crippen molar-refractivity contribution in [3.8, 4) is 33.8 Å². The van der Waals surface area contributed by atoms with Crippen LogP contribution in [-0.4, -0.2) is 21.3 Å². The predicted octanol–water partition coefficient (Wildman–Crippen LogP) is 8.69. The molecule has 0 aliphatic carbocycles. The third-order valence-corrected chi connectivity index (χ3v) is 12.9. The fraction of sp³-hybridized carbons (Fsp3) is 0.333. The van der Waals surface area contributed by atoms with E-state index in [1.807, 2.05) is 12.1 Å². The molecule has 4 aromatic carbocycles. The second-order valence-corrected chi connectivity index (χ2v) is 16.1. The van der Waals surface area contributed by atoms with E-state index < -0.39 is 8.07 Å². The van der Waals surface area contributed by atoms with Gasteiger partial charge in [-0.1, -0.05) is 137 Å². The Kier molecular flexibility index (Phi) is 9.69. The lowest BCUT2D eigenvalue weighted by Crippen LogP contribution is -2.57. The summed E-state index contributed by atoms with van der Waals surface area (Å²) in [6.07, 6.45) is 0. The highest BCUT2D eigenvalue weighted by molar-refractivity contribution is 7.02. The first-order valence-corrected chi connectivity index (χ1v) is 16.9. The Labute approximate surface area is 237 Å². The van der Waals surface area contributed by atoms with Crippen LogP contribution in [0.2, 0.25) is 12.1 Å². The van der Waals surface area contributed by atoms with Gasteiger partial charge in [-0.05, 0) is 58.4 Å². The van der Waals surface area contributed by atoms with Crippen LogP contribution < -0.4 is 19.8 Å². The molecule has 0 amide bonds. The molecule has 0 spiro atoms. The van der Waals surface area contributed by atoms with Gasteiger partial charge in [0.2, 0.25) is 0 Å². The van der Waals surface area contributed by atoms with E-state index >= 15 is 0 Å². The van der Waals surface area contributed by atoms with Gasteiger partial charge in [-0.2, -0.15) is 0 Å². The van der Waals surface area contributed by atoms with E-state index in [0.29, 0.717) is 11.8 Å². The van der Waals surface area contributed by atoms with Gasteiger partial charge in [-0.3, -0.25) is 0 Å². The van der Waals surface area contributed by atoms with E-state index in [2.05, 4.69) is 126 Å². The van der Waals surface area contributed by atoms with Crippen LogP contribution in [0.15, 0.2) is 97.1 Å². The maximum absolute atomic E-state index is 5.97. The Balaban J connectivity index is 1.57. The van der Waals surface area contributed by atoms with E-state index in [9.17, 15) is 0 Å². The van der Waals surface area contributed by atoms with Crippen molar-refractivity contribution in [1.82, 2.24) is 0 Å². The van der Waals surface area contributed by atoms with Crippen LogP contribution in [0.3, 0.4) is 0 Å². The number of ether oxygens (including phenoxy) is 2. The first-order chi connectivity index (χ1) is 18.8. The molecule has 0 atom stereocenters. The minimum Gasteiger partial charge on any atom is -0.493 e. The van der Waals surface area contributed by atoms with Gasteiger partial charge in [0.15, 0.2) is 0 Å². The molecule has 0 aliphatic heterocycles. The van der Waals surface area contributed by atoms with Crippen LogP contribution in [-0.2, 0) is 0 Å². The fourth-order valence-corrected chi connectivity index (χ4v) is 9.33. The second-order valence-electron chi connectivity index (χ2n) is 11.4. The van der Waals surface area contributed by atoms with Gasteiger partial charge in [-0.15, -0.1) is 0 Å². The van der Waals surface area contributed by atoms with Crippen LogP contribution in [0, 0.1) is 11.8 Å². The molecule has 3 heteroatoms. The molecule has 0 aliphatic rings. The zero-order chi connectivity index (χ0) is 27.8. The second kappa shape index (κ2) is 13.2. The molecule has 2 nitrogen and oxygen atoms in total. The van der Waals surface area contributed by atoms with E-state index in [0.717, 1.165) is 24.7 Å². The van der Waals surface area contributed by atoms with Crippen molar-refractivity contribution in [2.75, 3.05) is 13.2 Å². The summed E-state index contributed by atoms with van der Waals surface area (Å²) in [5.74, 6) is 2.90. The number of benzene rings is 4. The highest BCUT2D eigenvalue weighted by Gasteiger charge is 2.33. The lowest BCUT2D eigenvalue weighted by atomic mass is 10.1. The summed E-state index contributed by atoms with van der Waals surface area (Å²) in [7, 11) is -1.87. The summed E-state index contributed by atoms with van der Waals surface area (Å²) in [6.45, 7) is 14.9. The molecule has 0 N–H and O–H groups in total. The molecule has 204 valence electrons. The monoisotopic (exact) mass is 536 g/mol. The largest absolute Gasteiger partial charge is 0.493 e. The smallest absolute Gasteiger partial charge is 0.119 e. The Morgan fingerprint density at radius 1 is 0.513 bits per heavy atom. The lowest BCUT2D eigenvalue weighted by Gasteiger charge is -2.31. The standard InChI is InChI=1S/C36H44O2Si/c1-7-39(8-2,35-19-15-29(16-20-35)31-11-9-13-33(23-31)37-25-27(3)4)36-21-17-30(18-22-36)32-12-10-14-34(24-32)38-26-28(5)6/h9-24,27-28H,7-8,25-26H2,1-6H3. The quantitative estimate of drug-likeness (QED) is 0.169. The molecule has 0 saturated carbocycles. The average Bonchev–Trinajstić information content (AvgIpc) is 2.97. The predicted molar refractivity (Wildman–Crippen MR) is 170 cm³/mol. The third-order valence-electron chi connectivity index (χ3n) is 7.58. The lowest BCUT2D eigenvalue weighted by molar-refractivity contribution is 0.271. The highest BCUT2D eigenvalue weighted by atomic mass is 28.3. The minimum absolute atomic E-state index is 0.511. The number of hydrogen-bond acceptors (Lipinski definition) is 2. The van der Waals surface area contributed by atoms with Crippen LogP contribution in [0.25, 0.3) is 22.3 Å². The normalized spacial score (nSPS) is 11.7. The van der Waals surface area contributed by atoms with Gasteiger partial charge in [-0.25, -0.2) is 0 Å². The molecule has 4 aromatic rings. The average molecular weight is 537 g/mol. The fourth-order valence-electron chi connectivity index (χ4n) is 5.25. The molecule has 0 heterocycles. The van der Waals surface area contributed by atoms with Crippen LogP contribution in [0.5, 0.6) is 11.5 Å². The van der Waals surface area contributed by atoms with Crippen molar-refractivity contribution in [2.24, 2.45) is 11.8 Å². The molecular formula is C36H44O2Si. The van der Waals surface area contributed by atoms with Gasteiger partial charge >= 0.3 is 0 Å². The molecule has 0 aromatic heterocycles. The zero-order valence-electron chi connectivity index (χ0n) is 24.5. The van der Waals surface area contributed by atoms with Gasteiger partial charge < -0.3 is 9.47 Å². The molecule has 0 unspecified atom stereocenters. The van der Waals surface area contributed by atoms with Crippen LogP contribution >= 0.6 is 0 Å². The Bertz CT molecular complexity index is 1220. The summed E-state index contributed by atoms with van der Waals surface area (Å²) in [5.41, 5.74) is 4.87. The van der Waals surface area contributed by atoms with E-state index in [4.69, 9.17) is 9.47 Å². The van der Waals surface area contributed by atoms with Gasteiger partial charge in [0.05, 0.1) is 13.2 Å². The Morgan fingerprint density at radius 3 is 1.23 bits per heavy atom. The van der Waals surface area contributed by atoms with E-state index in [1.165, 1.54) is 44.7 Å². The molecular weight excluding hydrogens is 492 g/mol. The first-order valence-electron chi connectivity index (χ1n) is 14.5. The molecule has 0 saturated heterocycles. The SMILES string of the molecule is CC[Si](CC)(c1ccc(-c2cccc(OCC(C)C)c2)cc1)c1ccc(-c2cccc(OCC(C)C)c2)cc1. The summed E-state index contributed by atoms with van der Waals surface area (Å²) in [5, 5.41) is 3.00. The van der Waals surface area contributed by atoms with Gasteiger partial charge in [0.25, 0.3) is 0 Å². The summed E-state index contributed by atoms with van der Waals surface area (Å²) < 4.78 is 11.9. The summed E-state index contributed by atoms with van der Waals surface area (Å²) >= 11 is 0. The van der Waals surface area contributed by atoms with Crippen molar-refractivity contribution in [1.29, 1.82) is 0 Å². The molecule has 39 heavy (non-hydrogen) atoms. The number of hydrogen-bond donors (Lipinski definition) is 0. The molecule has 0 radical (unpaired) electrons. The Morgan fingerprint density at radius 2 is 0.897 bits per heavy atom. The molecule has 0 bridgehead atoms. The van der Waals surface area contributed by atoms with Crippen molar-refractivity contribution in [3.05, 3.63) is 97.1 Å². The first kappa shape index (κ1) is 28.7. The summed E-state index contributed by atoms with van der Waals surface area (Å²) in [4.78, 5) is 0. The van der Waals surface area contributed by atoms with Crippen molar-refractivity contribution in [2.45, 2.75) is 53.6 Å². The van der Waals surface area contributed by atoms with Gasteiger partial charge in [0, 0.05) is 0 Å². The third kappa shape index (κ3) is 7.02. The van der Waals surface area contributed by atoms with Crippen molar-refractivity contribution < 1.29 is 9.47 Å². The maximum atomic E-state index is 5.97. The van der Waals surface area contributed by atoms with E-state index in [1.54, 1.807) is 0 Å². The van der Waals surface area contributed by atoms with Gasteiger partial charge in [0.1, 0.15) is 19.6 Å². The Hall–Kier alpha value is -3.30. The summed E-state index contributed by atoms with van der Waals surface area (Å²) in [6, 6.07) is 37.9. The molecule has 0 fully saturated rings. The zero-order valence-corrected chi connectivity index (χ0v) is 25.5. The van der Waals surface area contributed by atoms with Crippen LogP contribution in [0.4, 0.5) is 0 Å².